The van der Waals surface area contributed by atoms with E-state index in [4.69, 9.17) is 0 Å². The number of nitrogens with zero attached hydrogens (tertiary/aromatic N) is 1. The van der Waals surface area contributed by atoms with E-state index in [1.165, 1.54) is 111 Å². The number of fused-ring (bicyclic) bond motifs is 13. The van der Waals surface area contributed by atoms with Gasteiger partial charge < -0.3 is 4.90 Å². The van der Waals surface area contributed by atoms with E-state index in [0.717, 1.165) is 17.1 Å². The summed E-state index contributed by atoms with van der Waals surface area (Å²) in [5.41, 5.74) is 28.8. The van der Waals surface area contributed by atoms with Gasteiger partial charge in [-0.15, -0.1) is 0 Å². The Bertz CT molecular complexity index is 3770. The van der Waals surface area contributed by atoms with E-state index >= 15 is 0 Å². The Morgan fingerprint density at radius 1 is 0.315 bits per heavy atom. The summed E-state index contributed by atoms with van der Waals surface area (Å²) in [4.78, 5) is 2.51. The fourth-order valence-corrected chi connectivity index (χ4v) is 13.0. The highest BCUT2D eigenvalue weighted by atomic mass is 15.1. The number of rotatable bonds is 6. The van der Waals surface area contributed by atoms with E-state index in [0.29, 0.717) is 0 Å². The molecular formula is C72H61N. The van der Waals surface area contributed by atoms with Gasteiger partial charge in [-0.25, -0.2) is 0 Å². The van der Waals surface area contributed by atoms with Crippen LogP contribution in [0.3, 0.4) is 0 Å². The summed E-state index contributed by atoms with van der Waals surface area (Å²) in [6.45, 7) is 18.8. The van der Waals surface area contributed by atoms with Gasteiger partial charge in [-0.2, -0.15) is 0 Å². The molecule has 354 valence electrons. The third-order valence-corrected chi connectivity index (χ3v) is 16.6. The second-order valence-electron chi connectivity index (χ2n) is 23.2. The maximum absolute atomic E-state index is 2.55. The molecule has 10 aromatic rings. The Hall–Kier alpha value is -8.00. The molecule has 0 saturated heterocycles. The van der Waals surface area contributed by atoms with Crippen LogP contribution in [-0.4, -0.2) is 0 Å². The zero-order valence-electron chi connectivity index (χ0n) is 43.3. The van der Waals surface area contributed by atoms with Crippen molar-refractivity contribution in [3.63, 3.8) is 0 Å². The van der Waals surface area contributed by atoms with Crippen LogP contribution in [0.2, 0.25) is 0 Å². The summed E-state index contributed by atoms with van der Waals surface area (Å²) < 4.78 is 0. The first-order valence-electron chi connectivity index (χ1n) is 26.2. The van der Waals surface area contributed by atoms with Crippen molar-refractivity contribution in [3.05, 3.63) is 269 Å². The van der Waals surface area contributed by atoms with Crippen molar-refractivity contribution < 1.29 is 0 Å². The highest BCUT2D eigenvalue weighted by Gasteiger charge is 2.53. The Morgan fingerprint density at radius 2 is 0.767 bits per heavy atom. The first-order valence-corrected chi connectivity index (χ1v) is 26.2. The van der Waals surface area contributed by atoms with Crippen molar-refractivity contribution in [2.45, 2.75) is 77.0 Å². The second kappa shape index (κ2) is 16.3. The molecule has 3 aliphatic rings. The highest BCUT2D eigenvalue weighted by Crippen LogP contribution is 2.65. The molecule has 3 aliphatic carbocycles. The summed E-state index contributed by atoms with van der Waals surface area (Å²) in [5.74, 6) is 0. The molecule has 0 saturated carbocycles. The molecule has 0 heterocycles. The molecule has 13 rings (SSSR count). The Balaban J connectivity index is 1.04. The van der Waals surface area contributed by atoms with Crippen LogP contribution in [0.5, 0.6) is 0 Å². The number of anilines is 3. The van der Waals surface area contributed by atoms with Gasteiger partial charge in [-0.1, -0.05) is 256 Å². The predicted octanol–water partition coefficient (Wildman–Crippen LogP) is 19.4. The van der Waals surface area contributed by atoms with Crippen molar-refractivity contribution >= 4 is 17.1 Å². The summed E-state index contributed by atoms with van der Waals surface area (Å²) in [6, 6.07) is 85.2. The fraction of sp³-hybridized carbons (Fsp3) is 0.167. The fourth-order valence-electron chi connectivity index (χ4n) is 13.0. The average molecular weight is 940 g/mol. The van der Waals surface area contributed by atoms with Crippen LogP contribution < -0.4 is 4.90 Å². The first kappa shape index (κ1) is 44.9. The molecule has 0 bridgehead atoms. The molecule has 0 N–H and O–H groups in total. The van der Waals surface area contributed by atoms with E-state index < -0.39 is 5.41 Å². The molecule has 0 aromatic heterocycles. The Labute approximate surface area is 432 Å². The maximum atomic E-state index is 2.55. The van der Waals surface area contributed by atoms with Crippen LogP contribution in [-0.2, 0) is 21.7 Å². The summed E-state index contributed by atoms with van der Waals surface area (Å²) in [5, 5.41) is 0. The molecule has 10 aromatic carbocycles. The molecule has 0 fully saturated rings. The minimum absolute atomic E-state index is 0.0247. The molecule has 1 nitrogen and oxygen atoms in total. The third-order valence-electron chi connectivity index (χ3n) is 16.6. The maximum Gasteiger partial charge on any atom is 0.0731 e. The quantitative estimate of drug-likeness (QED) is 0.161. The van der Waals surface area contributed by atoms with Gasteiger partial charge in [-0.05, 0) is 135 Å². The van der Waals surface area contributed by atoms with Gasteiger partial charge >= 0.3 is 0 Å². The lowest BCUT2D eigenvalue weighted by atomic mass is 9.67. The number of hydrogen-bond acceptors (Lipinski definition) is 1. The summed E-state index contributed by atoms with van der Waals surface area (Å²) in [6.07, 6.45) is 0. The standard InChI is InChI=1S/C72H61N/c1-69(2,3)48-38-42-54-55-43-39-49(70(4,5)6)45-64(55)72(63(54)44-48)61-32-17-12-25-53(61)58-30-20-28-52(68(58)72)47-36-40-50(41-37-47)73(65-34-18-14-24-51(65)46-22-10-9-11-23-46)66-35-19-15-26-56(66)57-29-21-33-62-67(57)59-27-13-16-31-60(59)71(62,7)8/h9-45H,1-8H3. The van der Waals surface area contributed by atoms with E-state index in [1.54, 1.807) is 0 Å². The van der Waals surface area contributed by atoms with Crippen LogP contribution in [0.4, 0.5) is 17.1 Å². The van der Waals surface area contributed by atoms with Crippen molar-refractivity contribution in [2.75, 3.05) is 4.90 Å². The van der Waals surface area contributed by atoms with E-state index in [-0.39, 0.29) is 16.2 Å². The minimum Gasteiger partial charge on any atom is -0.309 e. The summed E-state index contributed by atoms with van der Waals surface area (Å²) in [7, 11) is 0. The largest absolute Gasteiger partial charge is 0.309 e. The van der Waals surface area contributed by atoms with Crippen LogP contribution in [0, 0.1) is 0 Å². The molecule has 0 amide bonds. The van der Waals surface area contributed by atoms with E-state index in [1.807, 2.05) is 0 Å². The summed E-state index contributed by atoms with van der Waals surface area (Å²) >= 11 is 0. The predicted molar refractivity (Wildman–Crippen MR) is 309 cm³/mol. The van der Waals surface area contributed by atoms with Gasteiger partial charge in [0.2, 0.25) is 0 Å². The number of para-hydroxylation sites is 2. The van der Waals surface area contributed by atoms with Crippen molar-refractivity contribution in [3.8, 4) is 66.8 Å². The Morgan fingerprint density at radius 3 is 1.41 bits per heavy atom. The molecule has 0 radical (unpaired) electrons. The average Bonchev–Trinajstić information content (AvgIpc) is 4.00. The first-order chi connectivity index (χ1) is 35.3. The SMILES string of the molecule is CC(C)(C)c1ccc2c(c1)C1(c3cc(C(C)(C)C)ccc3-2)c2ccccc2-c2cccc(-c3ccc(N(c4ccccc4-c4ccccc4)c4ccccc4-c4cccc5c4-c4ccccc4C5(C)C)cc3)c21. The lowest BCUT2D eigenvalue weighted by Crippen LogP contribution is -2.28. The van der Waals surface area contributed by atoms with E-state index in [9.17, 15) is 0 Å². The van der Waals surface area contributed by atoms with Crippen LogP contribution in [0.25, 0.3) is 66.8 Å². The van der Waals surface area contributed by atoms with Crippen molar-refractivity contribution in [2.24, 2.45) is 0 Å². The van der Waals surface area contributed by atoms with Gasteiger partial charge in [0.05, 0.1) is 16.8 Å². The topological polar surface area (TPSA) is 3.24 Å². The Kier molecular flexibility index (Phi) is 10.0. The molecule has 0 unspecified atom stereocenters. The zero-order chi connectivity index (χ0) is 50.0. The second-order valence-corrected chi connectivity index (χ2v) is 23.2. The van der Waals surface area contributed by atoms with Crippen molar-refractivity contribution in [1.29, 1.82) is 0 Å². The van der Waals surface area contributed by atoms with Gasteiger partial charge in [0.15, 0.2) is 0 Å². The molecule has 1 heteroatoms. The van der Waals surface area contributed by atoms with Gasteiger partial charge in [-0.3, -0.25) is 0 Å². The lowest BCUT2D eigenvalue weighted by Gasteiger charge is -2.34. The number of hydrogen-bond donors (Lipinski definition) is 0. The van der Waals surface area contributed by atoms with Crippen LogP contribution in [0.1, 0.15) is 99.9 Å². The molecule has 0 aliphatic heterocycles. The van der Waals surface area contributed by atoms with Crippen molar-refractivity contribution in [1.82, 2.24) is 0 Å². The van der Waals surface area contributed by atoms with Crippen LogP contribution in [0.15, 0.2) is 224 Å². The lowest BCUT2D eigenvalue weighted by molar-refractivity contribution is 0.586. The van der Waals surface area contributed by atoms with E-state index in [2.05, 4.69) is 285 Å². The van der Waals surface area contributed by atoms with Crippen LogP contribution >= 0.6 is 0 Å². The van der Waals surface area contributed by atoms with Gasteiger partial charge in [0, 0.05) is 22.2 Å². The molecule has 73 heavy (non-hydrogen) atoms. The highest BCUT2D eigenvalue weighted by molar-refractivity contribution is 6.02. The normalized spacial score (nSPS) is 14.2. The number of benzene rings is 10. The third kappa shape index (κ3) is 6.67. The molecule has 0 atom stereocenters. The molecular weight excluding hydrogens is 879 g/mol. The van der Waals surface area contributed by atoms with Gasteiger partial charge in [0.25, 0.3) is 0 Å². The monoisotopic (exact) mass is 939 g/mol. The minimum atomic E-state index is -0.517. The zero-order valence-corrected chi connectivity index (χ0v) is 43.3. The van der Waals surface area contributed by atoms with Gasteiger partial charge in [0.1, 0.15) is 0 Å². The molecule has 1 spiro atoms. The smallest absolute Gasteiger partial charge is 0.0731 e.